The Morgan fingerprint density at radius 1 is 1.25 bits per heavy atom. The highest BCUT2D eigenvalue weighted by Gasteiger charge is 2.42. The second-order valence-corrected chi connectivity index (χ2v) is 6.03. The normalized spacial score (nSPS) is 24.0. The van der Waals surface area contributed by atoms with Gasteiger partial charge >= 0.3 is 11.8 Å². The first kappa shape index (κ1) is 19.7. The van der Waals surface area contributed by atoms with Crippen LogP contribution >= 0.6 is 0 Å². The van der Waals surface area contributed by atoms with Crippen molar-refractivity contribution in [1.29, 1.82) is 0 Å². The van der Waals surface area contributed by atoms with Gasteiger partial charge in [-0.15, -0.1) is 0 Å². The van der Waals surface area contributed by atoms with E-state index in [9.17, 15) is 24.2 Å². The van der Waals surface area contributed by atoms with Gasteiger partial charge in [-0.3, -0.25) is 9.88 Å². The number of aliphatic hydroxyl groups excluding tert-OH is 2. The molecule has 0 radical (unpaired) electrons. The minimum absolute atomic E-state index is 0.164. The van der Waals surface area contributed by atoms with E-state index in [-0.39, 0.29) is 5.75 Å². The van der Waals surface area contributed by atoms with Crippen LogP contribution in [0.15, 0.2) is 35.3 Å². The Morgan fingerprint density at radius 3 is 2.46 bits per heavy atom. The highest BCUT2D eigenvalue weighted by molar-refractivity contribution is 5.85. The van der Waals surface area contributed by atoms with Gasteiger partial charge in [-0.25, -0.2) is 14.0 Å². The number of ether oxygens (including phenoxy) is 3. The molecule has 0 bridgehead atoms. The fraction of sp³-hybridized carbons (Fsp3) is 0.353. The summed E-state index contributed by atoms with van der Waals surface area (Å²) >= 11 is 0. The third kappa shape index (κ3) is 3.96. The standard InChI is InChI=1S/C17H18FN3O7/c1-8-12(22)13(23)15(27-8)21-7-11(18)14(19-16(21)24)20-17(25)28-10-5-3-9(26-2)4-6-10/h3-8,12-13,15,22-23H,1-2H3,(H,19,20,24,25)/t8-,12-,13-,15-/m0/s1. The molecule has 0 saturated carbocycles. The molecule has 10 nitrogen and oxygen atoms in total. The predicted molar refractivity (Wildman–Crippen MR) is 92.7 cm³/mol. The molecule has 28 heavy (non-hydrogen) atoms. The molecule has 1 fully saturated rings. The number of methoxy groups -OCH3 is 1. The van der Waals surface area contributed by atoms with Crippen LogP contribution in [0.5, 0.6) is 11.5 Å². The molecule has 1 amide bonds. The van der Waals surface area contributed by atoms with Crippen LogP contribution in [-0.4, -0.2) is 51.3 Å². The third-order valence-corrected chi connectivity index (χ3v) is 4.15. The van der Waals surface area contributed by atoms with Crippen LogP contribution in [0.3, 0.4) is 0 Å². The number of aromatic nitrogens is 2. The summed E-state index contributed by atoms with van der Waals surface area (Å²) in [6.45, 7) is 1.49. The molecule has 3 rings (SSSR count). The summed E-state index contributed by atoms with van der Waals surface area (Å²) in [5, 5.41) is 21.7. The highest BCUT2D eigenvalue weighted by atomic mass is 19.1. The lowest BCUT2D eigenvalue weighted by Crippen LogP contribution is -2.36. The smallest absolute Gasteiger partial charge is 0.418 e. The molecule has 1 aliphatic heterocycles. The number of nitrogens with zero attached hydrogens (tertiary/aromatic N) is 2. The van der Waals surface area contributed by atoms with Crippen molar-refractivity contribution >= 4 is 11.9 Å². The van der Waals surface area contributed by atoms with Crippen LogP contribution in [0, 0.1) is 5.82 Å². The molecule has 1 aliphatic rings. The molecule has 4 atom stereocenters. The molecule has 0 unspecified atom stereocenters. The number of hydrogen-bond donors (Lipinski definition) is 3. The average Bonchev–Trinajstić information content (AvgIpc) is 2.92. The molecule has 11 heteroatoms. The van der Waals surface area contributed by atoms with Crippen LogP contribution in [0.4, 0.5) is 15.0 Å². The number of halogens is 1. The minimum atomic E-state index is -1.44. The fourth-order valence-corrected chi connectivity index (χ4v) is 2.65. The molecule has 3 N–H and O–H groups in total. The van der Waals surface area contributed by atoms with E-state index in [1.54, 1.807) is 12.1 Å². The first-order valence-corrected chi connectivity index (χ1v) is 8.23. The van der Waals surface area contributed by atoms with Gasteiger partial charge in [0, 0.05) is 0 Å². The van der Waals surface area contributed by atoms with E-state index in [0.29, 0.717) is 10.3 Å². The summed E-state index contributed by atoms with van der Waals surface area (Å²) in [4.78, 5) is 27.5. The first-order chi connectivity index (χ1) is 13.3. The Balaban J connectivity index is 1.73. The number of carbonyl (C=O) groups is 1. The van der Waals surface area contributed by atoms with Crippen LogP contribution < -0.4 is 20.5 Å². The lowest BCUT2D eigenvalue weighted by Gasteiger charge is -2.17. The molecule has 1 saturated heterocycles. The second-order valence-electron chi connectivity index (χ2n) is 6.03. The summed E-state index contributed by atoms with van der Waals surface area (Å²) in [6.07, 6.45) is -5.08. The van der Waals surface area contributed by atoms with Crippen LogP contribution in [0.1, 0.15) is 13.2 Å². The maximum atomic E-state index is 14.3. The average molecular weight is 395 g/mol. The van der Waals surface area contributed by atoms with Crippen molar-refractivity contribution in [2.24, 2.45) is 0 Å². The van der Waals surface area contributed by atoms with E-state index in [4.69, 9.17) is 14.2 Å². The van der Waals surface area contributed by atoms with Gasteiger partial charge in [0.2, 0.25) is 0 Å². The van der Waals surface area contributed by atoms with Crippen molar-refractivity contribution in [3.05, 3.63) is 46.8 Å². The van der Waals surface area contributed by atoms with Crippen molar-refractivity contribution in [2.75, 3.05) is 12.4 Å². The largest absolute Gasteiger partial charge is 0.497 e. The Bertz CT molecular complexity index is 918. The van der Waals surface area contributed by atoms with Crippen molar-refractivity contribution in [3.8, 4) is 11.5 Å². The number of benzene rings is 1. The van der Waals surface area contributed by atoms with Gasteiger partial charge in [0.25, 0.3) is 0 Å². The van der Waals surface area contributed by atoms with Gasteiger partial charge in [-0.2, -0.15) is 4.98 Å². The molecule has 2 heterocycles. The van der Waals surface area contributed by atoms with Gasteiger partial charge < -0.3 is 24.4 Å². The van der Waals surface area contributed by atoms with Crippen molar-refractivity contribution < 1.29 is 33.6 Å². The third-order valence-electron chi connectivity index (χ3n) is 4.15. The van der Waals surface area contributed by atoms with Gasteiger partial charge in [-0.1, -0.05) is 0 Å². The molecule has 1 aromatic carbocycles. The number of rotatable bonds is 4. The van der Waals surface area contributed by atoms with Gasteiger partial charge in [-0.05, 0) is 31.2 Å². The topological polar surface area (TPSA) is 132 Å². The van der Waals surface area contributed by atoms with E-state index < -0.39 is 48.0 Å². The number of carbonyl (C=O) groups excluding carboxylic acids is 1. The fourth-order valence-electron chi connectivity index (χ4n) is 2.65. The molecule has 0 spiro atoms. The Labute approximate surface area is 158 Å². The Morgan fingerprint density at radius 2 is 1.89 bits per heavy atom. The number of hydrogen-bond acceptors (Lipinski definition) is 8. The zero-order chi connectivity index (χ0) is 20.4. The van der Waals surface area contributed by atoms with E-state index in [0.717, 1.165) is 6.20 Å². The second kappa shape index (κ2) is 7.92. The highest BCUT2D eigenvalue weighted by Crippen LogP contribution is 2.28. The maximum Gasteiger partial charge on any atom is 0.418 e. The summed E-state index contributed by atoms with van der Waals surface area (Å²) < 4.78 is 30.2. The quantitative estimate of drug-likeness (QED) is 0.687. The van der Waals surface area contributed by atoms with Crippen LogP contribution in [0.2, 0.25) is 0 Å². The summed E-state index contributed by atoms with van der Waals surface area (Å²) in [7, 11) is 1.48. The van der Waals surface area contributed by atoms with E-state index >= 15 is 0 Å². The van der Waals surface area contributed by atoms with E-state index in [1.165, 1.54) is 26.2 Å². The summed E-state index contributed by atoms with van der Waals surface area (Å²) in [5.74, 6) is -0.991. The molecular formula is C17H18FN3O7. The zero-order valence-corrected chi connectivity index (χ0v) is 14.9. The summed E-state index contributed by atoms with van der Waals surface area (Å²) in [5.41, 5.74) is -0.994. The number of nitrogens with one attached hydrogen (secondary N) is 1. The minimum Gasteiger partial charge on any atom is -0.497 e. The molecule has 0 aliphatic carbocycles. The Kier molecular flexibility index (Phi) is 5.58. The molecule has 1 aromatic heterocycles. The summed E-state index contributed by atoms with van der Waals surface area (Å²) in [6, 6.07) is 6.05. The predicted octanol–water partition coefficient (Wildman–Crippen LogP) is 0.641. The van der Waals surface area contributed by atoms with Gasteiger partial charge in [0.1, 0.15) is 23.7 Å². The van der Waals surface area contributed by atoms with Gasteiger partial charge in [0.15, 0.2) is 17.9 Å². The van der Waals surface area contributed by atoms with Gasteiger partial charge in [0.05, 0.1) is 19.4 Å². The van der Waals surface area contributed by atoms with E-state index in [2.05, 4.69) is 4.98 Å². The molecule has 150 valence electrons. The van der Waals surface area contributed by atoms with Crippen LogP contribution in [-0.2, 0) is 4.74 Å². The SMILES string of the molecule is COc1ccc(OC(=O)Nc2nc(=O)n([C@H]3O[C@@H](C)[C@H](O)[C@@H]3O)cc2F)cc1. The zero-order valence-electron chi connectivity index (χ0n) is 14.9. The van der Waals surface area contributed by atoms with Crippen molar-refractivity contribution in [1.82, 2.24) is 9.55 Å². The number of amides is 1. The molecular weight excluding hydrogens is 377 g/mol. The molecule has 2 aromatic rings. The van der Waals surface area contributed by atoms with Crippen molar-refractivity contribution in [3.63, 3.8) is 0 Å². The lowest BCUT2D eigenvalue weighted by molar-refractivity contribution is -0.0355. The van der Waals surface area contributed by atoms with Crippen LogP contribution in [0.25, 0.3) is 0 Å². The lowest BCUT2D eigenvalue weighted by atomic mass is 10.1. The first-order valence-electron chi connectivity index (χ1n) is 8.23. The number of anilines is 1. The van der Waals surface area contributed by atoms with E-state index in [1.807, 2.05) is 5.32 Å². The Hall–Kier alpha value is -3.02. The number of aliphatic hydroxyl groups is 2. The monoisotopic (exact) mass is 395 g/mol. The van der Waals surface area contributed by atoms with Crippen molar-refractivity contribution in [2.45, 2.75) is 31.5 Å². The maximum absolute atomic E-state index is 14.3.